The normalized spacial score (nSPS) is 30.3. The molecule has 2 bridgehead atoms. The van der Waals surface area contributed by atoms with Gasteiger partial charge in [-0.2, -0.15) is 9.29 Å². The van der Waals surface area contributed by atoms with Crippen LogP contribution in [0.1, 0.15) is 181 Å². The number of esters is 2. The number of carbonyl (C=O) groups is 2. The predicted octanol–water partition coefficient (Wildman–Crippen LogP) is 7.38. The lowest BCUT2D eigenvalue weighted by Gasteiger charge is -2.41. The summed E-state index contributed by atoms with van der Waals surface area (Å²) < 4.78 is 59.1. The van der Waals surface area contributed by atoms with Gasteiger partial charge in [0.15, 0.2) is 6.10 Å². The van der Waals surface area contributed by atoms with Crippen molar-refractivity contribution in [1.29, 1.82) is 0 Å². The Balaban J connectivity index is 1.75. The van der Waals surface area contributed by atoms with Gasteiger partial charge in [0.05, 0.1) is 37.6 Å². The smallest absolute Gasteiger partial charge is 0.462 e. The Hall–Kier alpha value is -2.88. The van der Waals surface area contributed by atoms with Gasteiger partial charge in [0, 0.05) is 37.3 Å². The number of phosphoric acid groups is 2. The maximum Gasteiger partial charge on any atom is 0.481 e. The molecule has 420 valence electrons. The molecule has 0 aromatic carbocycles. The van der Waals surface area contributed by atoms with Crippen LogP contribution in [-0.4, -0.2) is 119 Å². The zero-order chi connectivity index (χ0) is 53.7. The molecular weight excluding hydrogens is 993 g/mol. The van der Waals surface area contributed by atoms with Gasteiger partial charge in [-0.15, -0.1) is 0 Å². The lowest BCUT2D eigenvalue weighted by molar-refractivity contribution is -0.195. The molecule has 12 atom stereocenters. The van der Waals surface area contributed by atoms with E-state index in [0.29, 0.717) is 44.9 Å². The molecule has 2 aliphatic heterocycles. The largest absolute Gasteiger partial charge is 0.481 e. The molecule has 2 saturated heterocycles. The number of nitrogens with zero attached hydrogens (tertiary/aromatic N) is 2. The van der Waals surface area contributed by atoms with E-state index in [1.54, 1.807) is 0 Å². The fraction of sp³-hybridized carbons (Fsp3) is 0.800. The van der Waals surface area contributed by atoms with Crippen LogP contribution >= 0.6 is 15.6 Å². The van der Waals surface area contributed by atoms with E-state index >= 15 is 0 Å². The van der Waals surface area contributed by atoms with Crippen LogP contribution in [0.25, 0.3) is 0 Å². The van der Waals surface area contributed by atoms with Gasteiger partial charge in [0.2, 0.25) is 0 Å². The van der Waals surface area contributed by atoms with Crippen LogP contribution in [0, 0.1) is 11.8 Å². The second-order valence-electron chi connectivity index (χ2n) is 19.3. The molecule has 2 aliphatic rings. The van der Waals surface area contributed by atoms with Gasteiger partial charge >= 0.3 is 33.3 Å². The van der Waals surface area contributed by atoms with Gasteiger partial charge in [-0.1, -0.05) is 128 Å². The molecule has 0 spiro atoms. The highest BCUT2D eigenvalue weighted by Gasteiger charge is 2.45. The second kappa shape index (κ2) is 35.4. The minimum atomic E-state index is -5.69. The first-order valence-electron chi connectivity index (χ1n) is 26.6. The summed E-state index contributed by atoms with van der Waals surface area (Å²) in [6.07, 6.45) is 13.4. The van der Waals surface area contributed by atoms with Crippen LogP contribution in [0.4, 0.5) is 5.82 Å². The Morgan fingerprint density at radius 2 is 1.45 bits per heavy atom. The molecule has 9 N–H and O–H groups in total. The number of allylic oxidation sites excluding steroid dienone is 2. The zero-order valence-electron chi connectivity index (χ0n) is 43.0. The van der Waals surface area contributed by atoms with Gasteiger partial charge in [0.1, 0.15) is 30.9 Å². The Labute approximate surface area is 431 Å². The summed E-state index contributed by atoms with van der Waals surface area (Å²) in [5.74, 6) is -3.97. The molecule has 1 aromatic rings. The average molecular weight is 1080 g/mol. The van der Waals surface area contributed by atoms with Crippen LogP contribution in [-0.2, 0) is 46.3 Å². The number of rotatable bonds is 24. The van der Waals surface area contributed by atoms with Crippen molar-refractivity contribution >= 4 is 33.4 Å². The molecule has 3 heterocycles. The number of fused-ring (bicyclic) bond motifs is 3. The molecule has 0 radical (unpaired) electrons. The molecule has 0 aliphatic carbocycles. The molecule has 0 saturated carbocycles. The van der Waals surface area contributed by atoms with Crippen LogP contribution in [0.3, 0.4) is 0 Å². The van der Waals surface area contributed by atoms with Gasteiger partial charge in [-0.25, -0.2) is 13.9 Å². The van der Waals surface area contributed by atoms with Crippen molar-refractivity contribution < 1.29 is 81.6 Å². The minimum absolute atomic E-state index is 0.0834. The summed E-state index contributed by atoms with van der Waals surface area (Å²) in [6, 6.07) is 1.26. The number of nitrogens with two attached hydrogens (primary N) is 1. The van der Waals surface area contributed by atoms with Gasteiger partial charge in [-0.3, -0.25) is 23.2 Å². The third-order valence-corrected chi connectivity index (χ3v) is 15.7. The molecule has 73 heavy (non-hydrogen) atoms. The van der Waals surface area contributed by atoms with Crippen molar-refractivity contribution in [2.75, 3.05) is 25.6 Å². The number of anilines is 1. The van der Waals surface area contributed by atoms with Crippen molar-refractivity contribution in [3.63, 3.8) is 0 Å². The standard InChI is InChI=1S/C50H87N3O18P2/c1-3-5-7-8-9-10-11-12-13-14-15-16-17-18-23-27-45(57)66-34-38-35-67-72(62,63)71-73(64,65)68-36-43-48(60)47(59)39(30-29-37(54)25-21-6-4-2)41(55)33-42(56)40(26-22-19-20-24-28-46(58)69-38)49(70-43)53-32-31-44(51)52-50(53)61/h10-11,29-32,37-43,47-49,54-56,59-60H,3-9,12-28,33-36H2,1-2H3,(H,62,63)(H,64,65)(H2,51,52,61)/b11-10-,30-29?/t37-,38+,39-,40-,41+,42-,43+,47-,48+,49+/m0/s1. The Bertz CT molecular complexity index is 1940. The van der Waals surface area contributed by atoms with Crippen molar-refractivity contribution in [3.05, 3.63) is 47.1 Å². The number of hydrogen-bond acceptors (Lipinski definition) is 18. The summed E-state index contributed by atoms with van der Waals surface area (Å²) in [5, 5.41) is 57.5. The maximum atomic E-state index is 13.4. The average Bonchev–Trinajstić information content (AvgIpc) is 3.33. The third-order valence-electron chi connectivity index (χ3n) is 13.1. The van der Waals surface area contributed by atoms with Crippen LogP contribution in [0.5, 0.6) is 0 Å². The summed E-state index contributed by atoms with van der Waals surface area (Å²) in [5.41, 5.74) is 4.81. The number of nitrogen functional groups attached to an aromatic ring is 1. The Morgan fingerprint density at radius 3 is 2.12 bits per heavy atom. The van der Waals surface area contributed by atoms with Crippen molar-refractivity contribution in [1.82, 2.24) is 9.55 Å². The van der Waals surface area contributed by atoms with Crippen molar-refractivity contribution in [2.45, 2.75) is 223 Å². The van der Waals surface area contributed by atoms with E-state index in [4.69, 9.17) is 29.0 Å². The molecule has 23 heteroatoms. The van der Waals surface area contributed by atoms with E-state index < -0.39 is 120 Å². The Kier molecular flexibility index (Phi) is 31.3. The molecule has 1 aromatic heterocycles. The number of ether oxygens (including phenoxy) is 3. The SMILES string of the molecule is CCCCCC/C=C\CCCCCCCCCC(=O)OC[C@@H]1COP(=O)(O)OP(=O)(O)OC[C@H]2O[C@@H](n3ccc(N)nc3=O)[C@@H](CCCCCCC(=O)O1)[C@@H](O)C[C@@H](O)[C@H](C=C[C@@H](O)CCCCC)[C@H](O)[C@@H]2O. The fourth-order valence-electron chi connectivity index (χ4n) is 8.85. The first kappa shape index (κ1) is 64.4. The number of aliphatic hydroxyl groups excluding tert-OH is 5. The summed E-state index contributed by atoms with van der Waals surface area (Å²) >= 11 is 0. The number of unbranched alkanes of at least 4 members (excludes halogenated alkanes) is 13. The van der Waals surface area contributed by atoms with Crippen LogP contribution in [0.15, 0.2) is 41.4 Å². The zero-order valence-corrected chi connectivity index (χ0v) is 44.8. The molecule has 21 nitrogen and oxygen atoms in total. The Morgan fingerprint density at radius 1 is 0.836 bits per heavy atom. The van der Waals surface area contributed by atoms with Crippen LogP contribution < -0.4 is 11.4 Å². The molecular formula is C50H87N3O18P2. The monoisotopic (exact) mass is 1080 g/mol. The number of phosphoric ester groups is 2. The quantitative estimate of drug-likeness (QED) is 0.0216. The third kappa shape index (κ3) is 26.2. The predicted molar refractivity (Wildman–Crippen MR) is 272 cm³/mol. The van der Waals surface area contributed by atoms with Crippen LogP contribution in [0.2, 0.25) is 0 Å². The number of aromatic nitrogens is 2. The molecule has 2 unspecified atom stereocenters. The highest BCUT2D eigenvalue weighted by Crippen LogP contribution is 2.60. The second-order valence-corrected chi connectivity index (χ2v) is 22.4. The molecule has 2 fully saturated rings. The summed E-state index contributed by atoms with van der Waals surface area (Å²) in [6.45, 7) is 1.54. The minimum Gasteiger partial charge on any atom is -0.462 e. The van der Waals surface area contributed by atoms with Gasteiger partial charge < -0.3 is 55.3 Å². The van der Waals surface area contributed by atoms with E-state index in [-0.39, 0.29) is 25.1 Å². The number of cyclic esters (lactones) is 1. The van der Waals surface area contributed by atoms with Gasteiger partial charge in [-0.05, 0) is 57.4 Å². The van der Waals surface area contributed by atoms with E-state index in [2.05, 4.69) is 28.4 Å². The number of hydrogen-bond donors (Lipinski definition) is 8. The maximum absolute atomic E-state index is 13.4. The summed E-state index contributed by atoms with van der Waals surface area (Å²) in [4.78, 5) is 64.2. The highest BCUT2D eigenvalue weighted by atomic mass is 31.3. The topological polar surface area (TPSA) is 326 Å². The first-order valence-corrected chi connectivity index (χ1v) is 29.6. The van der Waals surface area contributed by atoms with E-state index in [1.165, 1.54) is 50.1 Å². The lowest BCUT2D eigenvalue weighted by atomic mass is 9.82. The fourth-order valence-corrected chi connectivity index (χ4v) is 11.0. The van der Waals surface area contributed by atoms with E-state index in [1.807, 2.05) is 6.92 Å². The van der Waals surface area contributed by atoms with Crippen molar-refractivity contribution in [3.8, 4) is 0 Å². The number of carbonyl (C=O) groups excluding carboxylic acids is 2. The number of aliphatic hydroxyl groups is 5. The lowest BCUT2D eigenvalue weighted by Crippen LogP contribution is -2.52. The van der Waals surface area contributed by atoms with Crippen molar-refractivity contribution in [2.24, 2.45) is 11.8 Å². The molecule has 0 amide bonds. The molecule has 3 rings (SSSR count). The van der Waals surface area contributed by atoms with E-state index in [9.17, 15) is 58.8 Å². The summed E-state index contributed by atoms with van der Waals surface area (Å²) in [7, 11) is -11.3. The van der Waals surface area contributed by atoms with Gasteiger partial charge in [0.25, 0.3) is 0 Å². The highest BCUT2D eigenvalue weighted by molar-refractivity contribution is 7.61. The van der Waals surface area contributed by atoms with E-state index in [0.717, 1.165) is 68.8 Å². The first-order chi connectivity index (χ1) is 34.9.